The van der Waals surface area contributed by atoms with E-state index in [1.165, 1.54) is 22.7 Å². The van der Waals surface area contributed by atoms with Gasteiger partial charge in [-0.1, -0.05) is 18.2 Å². The molecule has 148 valence electrons. The van der Waals surface area contributed by atoms with Crippen LogP contribution in [0.15, 0.2) is 53.9 Å². The predicted octanol–water partition coefficient (Wildman–Crippen LogP) is 4.59. The number of carbonyl (C=O) groups is 3. The van der Waals surface area contributed by atoms with Crippen molar-refractivity contribution in [2.75, 3.05) is 16.0 Å². The molecule has 4 rings (SSSR count). The van der Waals surface area contributed by atoms with Gasteiger partial charge in [-0.05, 0) is 48.6 Å². The lowest BCUT2D eigenvalue weighted by atomic mass is 10.2. The van der Waals surface area contributed by atoms with Crippen LogP contribution in [0.5, 0.6) is 0 Å². The third-order valence-corrected chi connectivity index (χ3v) is 6.26. The highest BCUT2D eigenvalue weighted by Crippen LogP contribution is 2.32. The second kappa shape index (κ2) is 8.59. The van der Waals surface area contributed by atoms with E-state index in [1.54, 1.807) is 36.4 Å². The summed E-state index contributed by atoms with van der Waals surface area (Å²) in [4.78, 5) is 38.2. The van der Waals surface area contributed by atoms with Gasteiger partial charge in [0.2, 0.25) is 11.8 Å². The molecule has 3 amide bonds. The molecule has 2 aromatic heterocycles. The van der Waals surface area contributed by atoms with E-state index in [9.17, 15) is 14.4 Å². The second-order valence-corrected chi connectivity index (χ2v) is 8.85. The molecule has 6 nitrogen and oxygen atoms in total. The van der Waals surface area contributed by atoms with Crippen molar-refractivity contribution in [3.05, 3.63) is 63.7 Å². The van der Waals surface area contributed by atoms with Gasteiger partial charge >= 0.3 is 0 Å². The van der Waals surface area contributed by atoms with Crippen LogP contribution in [0, 0.1) is 5.92 Å². The Kier molecular flexibility index (Phi) is 5.73. The molecule has 3 aromatic rings. The van der Waals surface area contributed by atoms with Crippen molar-refractivity contribution in [1.29, 1.82) is 0 Å². The summed E-state index contributed by atoms with van der Waals surface area (Å²) in [5.41, 5.74) is 1.07. The van der Waals surface area contributed by atoms with Gasteiger partial charge in [-0.25, -0.2) is 0 Å². The van der Waals surface area contributed by atoms with Crippen LogP contribution >= 0.6 is 22.7 Å². The molecule has 0 radical (unpaired) electrons. The number of thiophene rings is 2. The number of nitrogens with one attached hydrogen (secondary N) is 3. The van der Waals surface area contributed by atoms with E-state index >= 15 is 0 Å². The van der Waals surface area contributed by atoms with Crippen molar-refractivity contribution in [2.45, 2.75) is 19.3 Å². The summed E-state index contributed by atoms with van der Waals surface area (Å²) < 4.78 is 0. The maximum Gasteiger partial charge on any atom is 0.265 e. The van der Waals surface area contributed by atoms with Crippen LogP contribution in [0.2, 0.25) is 0 Å². The largest absolute Gasteiger partial charge is 0.324 e. The maximum atomic E-state index is 12.6. The van der Waals surface area contributed by atoms with Crippen LogP contribution in [0.4, 0.5) is 16.4 Å². The van der Waals surface area contributed by atoms with E-state index in [2.05, 4.69) is 16.0 Å². The number of anilines is 3. The van der Waals surface area contributed by atoms with Crippen molar-refractivity contribution in [3.8, 4) is 0 Å². The van der Waals surface area contributed by atoms with E-state index in [1.807, 2.05) is 17.5 Å². The normalized spacial score (nSPS) is 13.0. The highest BCUT2D eigenvalue weighted by molar-refractivity contribution is 7.18. The average Bonchev–Trinajstić information content (AvgIpc) is 3.24. The van der Waals surface area contributed by atoms with Gasteiger partial charge in [0.05, 0.1) is 27.7 Å². The Hall–Kier alpha value is -2.97. The summed E-state index contributed by atoms with van der Waals surface area (Å²) in [6.07, 6.45) is 2.15. The molecule has 0 aliphatic heterocycles. The fourth-order valence-electron chi connectivity index (χ4n) is 2.75. The van der Waals surface area contributed by atoms with Gasteiger partial charge in [0.15, 0.2) is 0 Å². The van der Waals surface area contributed by atoms with Crippen molar-refractivity contribution < 1.29 is 14.4 Å². The van der Waals surface area contributed by atoms with E-state index in [4.69, 9.17) is 0 Å². The SMILES string of the molecule is O=C(Cc1cccs1)Nc1ccccc1NC(=O)c1ccc(NC(=O)C2CC2)s1. The Morgan fingerprint density at radius 2 is 1.66 bits per heavy atom. The monoisotopic (exact) mass is 425 g/mol. The molecule has 1 aliphatic carbocycles. The zero-order valence-electron chi connectivity index (χ0n) is 15.4. The van der Waals surface area contributed by atoms with Gasteiger partial charge in [0, 0.05) is 10.8 Å². The summed E-state index contributed by atoms with van der Waals surface area (Å²) in [7, 11) is 0. The number of hydrogen-bond donors (Lipinski definition) is 3. The van der Waals surface area contributed by atoms with Gasteiger partial charge in [-0.15, -0.1) is 22.7 Å². The minimum atomic E-state index is -0.290. The number of rotatable bonds is 7. The van der Waals surface area contributed by atoms with Crippen LogP contribution in [0.3, 0.4) is 0 Å². The standard InChI is InChI=1S/C21H19N3O3S2/c25-18(12-14-4-3-11-28-14)22-15-5-1-2-6-16(15)23-21(27)17-9-10-19(29-17)24-20(26)13-7-8-13/h1-6,9-11,13H,7-8,12H2,(H,22,25)(H,23,27)(H,24,26). The molecule has 8 heteroatoms. The van der Waals surface area contributed by atoms with E-state index < -0.39 is 0 Å². The number of benzene rings is 1. The van der Waals surface area contributed by atoms with Crippen molar-refractivity contribution >= 4 is 56.8 Å². The lowest BCUT2D eigenvalue weighted by Gasteiger charge is -2.11. The third-order valence-electron chi connectivity index (χ3n) is 4.39. The molecular formula is C21H19N3O3S2. The molecule has 0 unspecified atom stereocenters. The Balaban J connectivity index is 1.40. The first-order chi connectivity index (χ1) is 14.1. The van der Waals surface area contributed by atoms with Crippen LogP contribution in [-0.2, 0) is 16.0 Å². The van der Waals surface area contributed by atoms with E-state index in [0.717, 1.165) is 17.7 Å². The maximum absolute atomic E-state index is 12.6. The topological polar surface area (TPSA) is 87.3 Å². The van der Waals surface area contributed by atoms with Crippen molar-refractivity contribution in [1.82, 2.24) is 0 Å². The molecular weight excluding hydrogens is 406 g/mol. The number of amides is 3. The lowest BCUT2D eigenvalue weighted by Crippen LogP contribution is -2.17. The minimum Gasteiger partial charge on any atom is -0.324 e. The second-order valence-electron chi connectivity index (χ2n) is 6.73. The molecule has 1 saturated carbocycles. The molecule has 0 saturated heterocycles. The zero-order chi connectivity index (χ0) is 20.2. The molecule has 1 aliphatic rings. The summed E-state index contributed by atoms with van der Waals surface area (Å²) in [5.74, 6) is -0.311. The molecule has 0 spiro atoms. The fraction of sp³-hybridized carbons (Fsp3) is 0.190. The Morgan fingerprint density at radius 1 is 0.897 bits per heavy atom. The molecule has 29 heavy (non-hydrogen) atoms. The summed E-state index contributed by atoms with van der Waals surface area (Å²) in [6, 6.07) is 14.3. The van der Waals surface area contributed by atoms with Crippen LogP contribution in [0.25, 0.3) is 0 Å². The van der Waals surface area contributed by atoms with E-state index in [-0.39, 0.29) is 30.1 Å². The number of hydrogen-bond acceptors (Lipinski definition) is 5. The zero-order valence-corrected chi connectivity index (χ0v) is 17.1. The summed E-state index contributed by atoms with van der Waals surface area (Å²) in [6.45, 7) is 0. The first-order valence-corrected chi connectivity index (χ1v) is 10.9. The van der Waals surface area contributed by atoms with Gasteiger partial charge < -0.3 is 16.0 Å². The highest BCUT2D eigenvalue weighted by Gasteiger charge is 2.29. The Bertz CT molecular complexity index is 1040. The molecule has 1 fully saturated rings. The van der Waals surface area contributed by atoms with Crippen LogP contribution < -0.4 is 16.0 Å². The Labute approximate surface area is 176 Å². The van der Waals surface area contributed by atoms with Crippen molar-refractivity contribution in [2.24, 2.45) is 5.92 Å². The van der Waals surface area contributed by atoms with Gasteiger partial charge in [0.1, 0.15) is 0 Å². The molecule has 2 heterocycles. The summed E-state index contributed by atoms with van der Waals surface area (Å²) >= 11 is 2.75. The van der Waals surface area contributed by atoms with Crippen LogP contribution in [-0.4, -0.2) is 17.7 Å². The molecule has 0 atom stereocenters. The smallest absolute Gasteiger partial charge is 0.265 e. The minimum absolute atomic E-state index is 0.0117. The lowest BCUT2D eigenvalue weighted by molar-refractivity contribution is -0.117. The van der Waals surface area contributed by atoms with Crippen LogP contribution in [0.1, 0.15) is 27.4 Å². The fourth-order valence-corrected chi connectivity index (χ4v) is 4.25. The predicted molar refractivity (Wildman–Crippen MR) is 117 cm³/mol. The highest BCUT2D eigenvalue weighted by atomic mass is 32.1. The Morgan fingerprint density at radius 3 is 2.34 bits per heavy atom. The summed E-state index contributed by atoms with van der Waals surface area (Å²) in [5, 5.41) is 11.1. The van der Waals surface area contributed by atoms with E-state index in [0.29, 0.717) is 21.3 Å². The van der Waals surface area contributed by atoms with Crippen molar-refractivity contribution in [3.63, 3.8) is 0 Å². The number of carbonyl (C=O) groups excluding carboxylic acids is 3. The number of para-hydroxylation sites is 2. The molecule has 0 bridgehead atoms. The van der Waals surface area contributed by atoms with Gasteiger partial charge in [0.25, 0.3) is 5.91 Å². The van der Waals surface area contributed by atoms with Gasteiger partial charge in [-0.2, -0.15) is 0 Å². The average molecular weight is 426 g/mol. The van der Waals surface area contributed by atoms with Gasteiger partial charge in [-0.3, -0.25) is 14.4 Å². The molecule has 1 aromatic carbocycles. The first-order valence-electron chi connectivity index (χ1n) is 9.22. The third kappa shape index (κ3) is 5.10. The molecule has 3 N–H and O–H groups in total. The first kappa shape index (κ1) is 19.4. The quantitative estimate of drug-likeness (QED) is 0.517.